The molecule has 1 saturated heterocycles. The molecule has 9 heteroatoms. The number of carbonyl (C=O) groups is 2. The van der Waals surface area contributed by atoms with E-state index in [2.05, 4.69) is 43.6 Å². The second-order valence-corrected chi connectivity index (χ2v) is 9.41. The van der Waals surface area contributed by atoms with Crippen LogP contribution in [0.1, 0.15) is 30.4 Å². The van der Waals surface area contributed by atoms with Crippen LogP contribution in [0.2, 0.25) is 0 Å². The highest BCUT2D eigenvalue weighted by Crippen LogP contribution is 2.36. The molecule has 9 nitrogen and oxygen atoms in total. The normalized spacial score (nSPS) is 18.3. The molecule has 0 unspecified atom stereocenters. The van der Waals surface area contributed by atoms with Gasteiger partial charge in [0.05, 0.1) is 18.0 Å². The largest absolute Gasteiger partial charge is 0.478 e. The molecule has 35 heavy (non-hydrogen) atoms. The van der Waals surface area contributed by atoms with E-state index in [1.807, 2.05) is 24.1 Å². The fraction of sp³-hybridized carbons (Fsp3) is 0.500. The molecule has 2 N–H and O–H groups in total. The topological polar surface area (TPSA) is 90.0 Å². The number of pyridine rings is 1. The van der Waals surface area contributed by atoms with Crippen molar-refractivity contribution >= 4 is 29.1 Å². The van der Waals surface area contributed by atoms with Crippen molar-refractivity contribution in [3.8, 4) is 5.88 Å². The lowest BCUT2D eigenvalue weighted by atomic mass is 9.99. The quantitative estimate of drug-likeness (QED) is 0.595. The van der Waals surface area contributed by atoms with E-state index in [0.29, 0.717) is 31.3 Å². The molecule has 1 aromatic carbocycles. The first-order valence-corrected chi connectivity index (χ1v) is 12.6. The number of ether oxygens (including phenoxy) is 1. The lowest BCUT2D eigenvalue weighted by molar-refractivity contribution is -0.118. The van der Waals surface area contributed by atoms with Gasteiger partial charge in [-0.2, -0.15) is 4.98 Å². The average Bonchev–Trinajstić information content (AvgIpc) is 3.06. The van der Waals surface area contributed by atoms with Gasteiger partial charge in [-0.25, -0.2) is 4.79 Å². The Labute approximate surface area is 206 Å². The first-order valence-electron chi connectivity index (χ1n) is 12.6. The van der Waals surface area contributed by atoms with Gasteiger partial charge in [0, 0.05) is 52.3 Å². The number of amides is 3. The highest BCUT2D eigenvalue weighted by atomic mass is 16.5. The van der Waals surface area contributed by atoms with E-state index in [1.165, 1.54) is 11.3 Å². The van der Waals surface area contributed by atoms with Crippen LogP contribution in [-0.4, -0.2) is 74.7 Å². The molecule has 3 amide bonds. The maximum Gasteiger partial charge on any atom is 0.320 e. The number of nitrogens with zero attached hydrogens (tertiary/aromatic N) is 4. The fourth-order valence-electron chi connectivity index (χ4n) is 5.11. The predicted molar refractivity (Wildman–Crippen MR) is 137 cm³/mol. The Balaban J connectivity index is 1.06. The zero-order valence-corrected chi connectivity index (χ0v) is 20.4. The van der Waals surface area contributed by atoms with Crippen molar-refractivity contribution in [2.45, 2.75) is 32.1 Å². The minimum atomic E-state index is -0.221. The molecule has 4 heterocycles. The average molecular weight is 479 g/mol. The molecule has 2 aromatic rings. The number of piperazine rings is 1. The Morgan fingerprint density at radius 1 is 0.971 bits per heavy atom. The van der Waals surface area contributed by atoms with E-state index >= 15 is 0 Å². The van der Waals surface area contributed by atoms with Gasteiger partial charge in [0.15, 0.2) is 0 Å². The number of para-hydroxylation sites is 1. The van der Waals surface area contributed by atoms with Crippen molar-refractivity contribution in [3.63, 3.8) is 0 Å². The molecule has 3 aliphatic rings. The van der Waals surface area contributed by atoms with Gasteiger partial charge < -0.3 is 19.9 Å². The number of nitrogens with one attached hydrogen (secondary N) is 2. The van der Waals surface area contributed by atoms with Crippen LogP contribution in [0.5, 0.6) is 5.88 Å². The third kappa shape index (κ3) is 5.35. The van der Waals surface area contributed by atoms with Crippen LogP contribution in [0.3, 0.4) is 0 Å². The molecule has 0 radical (unpaired) electrons. The van der Waals surface area contributed by atoms with E-state index in [1.54, 1.807) is 0 Å². The van der Waals surface area contributed by atoms with Gasteiger partial charge in [0.2, 0.25) is 11.8 Å². The van der Waals surface area contributed by atoms with Gasteiger partial charge >= 0.3 is 6.03 Å². The summed E-state index contributed by atoms with van der Waals surface area (Å²) in [5, 5.41) is 5.55. The summed E-state index contributed by atoms with van der Waals surface area (Å²) in [6, 6.07) is 10.0. The molecule has 1 aromatic heterocycles. The number of anilines is 3. The minimum absolute atomic E-state index is 0.202. The van der Waals surface area contributed by atoms with E-state index in [4.69, 9.17) is 4.74 Å². The smallest absolute Gasteiger partial charge is 0.320 e. The predicted octanol–water partition coefficient (Wildman–Crippen LogP) is 2.65. The van der Waals surface area contributed by atoms with Crippen molar-refractivity contribution in [2.75, 3.05) is 68.0 Å². The van der Waals surface area contributed by atoms with Gasteiger partial charge in [0.1, 0.15) is 5.82 Å². The Morgan fingerprint density at radius 3 is 2.69 bits per heavy atom. The Bertz CT molecular complexity index is 1080. The summed E-state index contributed by atoms with van der Waals surface area (Å²) in [5.74, 6) is 1.34. The van der Waals surface area contributed by atoms with Crippen LogP contribution < -0.4 is 25.2 Å². The molecule has 0 aliphatic carbocycles. The lowest BCUT2D eigenvalue weighted by Crippen LogP contribution is -2.47. The number of benzene rings is 1. The maximum absolute atomic E-state index is 12.3. The number of hydrogen-bond acceptors (Lipinski definition) is 6. The summed E-state index contributed by atoms with van der Waals surface area (Å²) in [5.41, 5.74) is 4.57. The monoisotopic (exact) mass is 478 g/mol. The standard InChI is InChI=1S/C26H34N6O3/c1-30-23(33)10-8-19-5-4-6-21(24(19)30)32-16-14-31(15-17-32)13-2-3-18-35-22-9-7-20-11-12-27-26(34)29-25(20)28-22/h4-7,9H,2-3,8,10-18H2,1H3,(H2,27,28,29,34). The second kappa shape index (κ2) is 10.5. The Kier molecular flexibility index (Phi) is 7.03. The number of fused-ring (bicyclic) bond motifs is 2. The van der Waals surface area contributed by atoms with Crippen molar-refractivity contribution in [1.82, 2.24) is 15.2 Å². The zero-order chi connectivity index (χ0) is 24.2. The number of aryl methyl sites for hydroxylation is 1. The third-order valence-electron chi connectivity index (χ3n) is 7.11. The fourth-order valence-corrected chi connectivity index (χ4v) is 5.11. The summed E-state index contributed by atoms with van der Waals surface area (Å²) >= 11 is 0. The number of rotatable bonds is 7. The summed E-state index contributed by atoms with van der Waals surface area (Å²) in [7, 11) is 1.90. The van der Waals surface area contributed by atoms with Crippen molar-refractivity contribution in [2.24, 2.45) is 0 Å². The number of hydrogen-bond donors (Lipinski definition) is 2. The van der Waals surface area contributed by atoms with Crippen LogP contribution in [-0.2, 0) is 17.6 Å². The molecule has 0 bridgehead atoms. The van der Waals surface area contributed by atoms with Gasteiger partial charge in [-0.3, -0.25) is 15.0 Å². The van der Waals surface area contributed by atoms with Crippen LogP contribution >= 0.6 is 0 Å². The van der Waals surface area contributed by atoms with Crippen LogP contribution in [0.15, 0.2) is 30.3 Å². The van der Waals surface area contributed by atoms with Crippen molar-refractivity contribution < 1.29 is 14.3 Å². The summed E-state index contributed by atoms with van der Waals surface area (Å²) < 4.78 is 5.84. The second-order valence-electron chi connectivity index (χ2n) is 9.41. The highest BCUT2D eigenvalue weighted by molar-refractivity contribution is 5.99. The number of unbranched alkanes of at least 4 members (excludes halogenated alkanes) is 1. The van der Waals surface area contributed by atoms with E-state index in [-0.39, 0.29) is 11.9 Å². The van der Waals surface area contributed by atoms with Gasteiger partial charge in [-0.15, -0.1) is 0 Å². The Hall–Kier alpha value is -3.33. The molecule has 186 valence electrons. The minimum Gasteiger partial charge on any atom is -0.478 e. The van der Waals surface area contributed by atoms with Gasteiger partial charge in [-0.05, 0) is 55.5 Å². The molecule has 0 atom stereocenters. The summed E-state index contributed by atoms with van der Waals surface area (Å²) in [4.78, 5) is 35.2. The molecular weight excluding hydrogens is 444 g/mol. The number of urea groups is 1. The number of carbonyl (C=O) groups excluding carboxylic acids is 2. The summed E-state index contributed by atoms with van der Waals surface area (Å²) in [6.45, 7) is 6.23. The third-order valence-corrected chi connectivity index (χ3v) is 7.11. The van der Waals surface area contributed by atoms with E-state index < -0.39 is 0 Å². The maximum atomic E-state index is 12.3. The lowest BCUT2D eigenvalue weighted by Gasteiger charge is -2.39. The van der Waals surface area contributed by atoms with Crippen LogP contribution in [0.25, 0.3) is 0 Å². The van der Waals surface area contributed by atoms with Gasteiger partial charge in [-0.1, -0.05) is 12.1 Å². The number of aromatic nitrogens is 1. The highest BCUT2D eigenvalue weighted by Gasteiger charge is 2.27. The molecular formula is C26H34N6O3. The SMILES string of the molecule is CN1C(=O)CCc2cccc(N3CCN(CCCCOc4ccc5c(n4)NC(=O)NCC5)CC3)c21. The summed E-state index contributed by atoms with van der Waals surface area (Å²) in [6.07, 6.45) is 4.20. The molecule has 1 fully saturated rings. The van der Waals surface area contributed by atoms with Gasteiger partial charge in [0.25, 0.3) is 0 Å². The van der Waals surface area contributed by atoms with Crippen molar-refractivity contribution in [3.05, 3.63) is 41.5 Å². The van der Waals surface area contributed by atoms with Crippen LogP contribution in [0.4, 0.5) is 22.0 Å². The van der Waals surface area contributed by atoms with E-state index in [0.717, 1.165) is 69.7 Å². The van der Waals surface area contributed by atoms with Crippen LogP contribution in [0, 0.1) is 0 Å². The molecule has 0 saturated carbocycles. The zero-order valence-electron chi connectivity index (χ0n) is 20.4. The van der Waals surface area contributed by atoms with Crippen molar-refractivity contribution in [1.29, 1.82) is 0 Å². The van der Waals surface area contributed by atoms with E-state index in [9.17, 15) is 9.59 Å². The molecule has 3 aliphatic heterocycles. The molecule has 5 rings (SSSR count). The first-order chi connectivity index (χ1) is 17.1. The Morgan fingerprint density at radius 2 is 1.83 bits per heavy atom. The first kappa shape index (κ1) is 23.4. The molecule has 0 spiro atoms.